The lowest BCUT2D eigenvalue weighted by Crippen LogP contribution is -2.45. The predicted octanol–water partition coefficient (Wildman–Crippen LogP) is 3.45. The van der Waals surface area contributed by atoms with Gasteiger partial charge in [-0.1, -0.05) is 38.1 Å². The summed E-state index contributed by atoms with van der Waals surface area (Å²) >= 11 is 0. The third-order valence-corrected chi connectivity index (χ3v) is 5.88. The number of rotatable bonds is 1. The Kier molecular flexibility index (Phi) is 3.38. The second kappa shape index (κ2) is 5.27. The van der Waals surface area contributed by atoms with Gasteiger partial charge in [-0.25, -0.2) is 0 Å². The smallest absolute Gasteiger partial charge is 0.229 e. The largest absolute Gasteiger partial charge is 0.489 e. The Bertz CT molecular complexity index is 969. The number of benzene rings is 2. The molecule has 4 rings (SSSR count). The first-order valence-corrected chi connectivity index (χ1v) is 8.50. The van der Waals surface area contributed by atoms with Gasteiger partial charge in [-0.15, -0.1) is 0 Å². The summed E-state index contributed by atoms with van der Waals surface area (Å²) in [6.45, 7) is 5.86. The summed E-state index contributed by atoms with van der Waals surface area (Å²) < 4.78 is 5.71. The molecule has 4 heteroatoms. The molecule has 0 unspecified atom stereocenters. The van der Waals surface area contributed by atoms with Crippen molar-refractivity contribution in [3.63, 3.8) is 0 Å². The summed E-state index contributed by atoms with van der Waals surface area (Å²) in [6, 6.07) is 9.36. The predicted molar refractivity (Wildman–Crippen MR) is 94.7 cm³/mol. The van der Waals surface area contributed by atoms with E-state index in [0.717, 1.165) is 16.3 Å². The maximum absolute atomic E-state index is 13.2. The normalized spacial score (nSPS) is 25.7. The first-order valence-electron chi connectivity index (χ1n) is 8.50. The first kappa shape index (κ1) is 16.0. The summed E-state index contributed by atoms with van der Waals surface area (Å²) in [5.41, 5.74) is 1.41. The maximum Gasteiger partial charge on any atom is 0.229 e. The molecule has 1 aliphatic heterocycles. The van der Waals surface area contributed by atoms with Crippen LogP contribution in [0.2, 0.25) is 0 Å². The molecule has 2 aromatic rings. The number of hydrogen-bond acceptors (Lipinski definition) is 4. The molecule has 128 valence electrons. The van der Waals surface area contributed by atoms with E-state index in [4.69, 9.17) is 4.74 Å². The fourth-order valence-electron chi connectivity index (χ4n) is 3.94. The van der Waals surface area contributed by atoms with E-state index in [1.807, 2.05) is 45.0 Å². The van der Waals surface area contributed by atoms with Crippen molar-refractivity contribution in [1.82, 2.24) is 0 Å². The highest BCUT2D eigenvalue weighted by Crippen LogP contribution is 2.46. The van der Waals surface area contributed by atoms with Crippen LogP contribution >= 0.6 is 0 Å². The van der Waals surface area contributed by atoms with Crippen LogP contribution < -0.4 is 0 Å². The lowest BCUT2D eigenvalue weighted by molar-refractivity contribution is 0.0254. The van der Waals surface area contributed by atoms with Gasteiger partial charge in [0.25, 0.3) is 0 Å². The molecule has 1 N–H and O–H groups in total. The topological polar surface area (TPSA) is 63.6 Å². The summed E-state index contributed by atoms with van der Waals surface area (Å²) in [4.78, 5) is 26.5. The van der Waals surface area contributed by atoms with Gasteiger partial charge in [0, 0.05) is 22.5 Å². The van der Waals surface area contributed by atoms with Crippen LogP contribution in [-0.2, 0) is 4.74 Å². The van der Waals surface area contributed by atoms with Gasteiger partial charge in [0.05, 0.1) is 18.8 Å². The van der Waals surface area contributed by atoms with Crippen molar-refractivity contribution >= 4 is 22.3 Å². The number of aliphatic hydroxyl groups excluding tert-OH is 1. The van der Waals surface area contributed by atoms with Crippen molar-refractivity contribution in [3.8, 4) is 0 Å². The van der Waals surface area contributed by atoms with Crippen LogP contribution in [0.15, 0.2) is 41.7 Å². The van der Waals surface area contributed by atoms with Crippen LogP contribution in [-0.4, -0.2) is 29.9 Å². The van der Waals surface area contributed by atoms with Crippen LogP contribution in [0.5, 0.6) is 0 Å². The number of allylic oxidation sites excluding steroid dienone is 1. The molecule has 25 heavy (non-hydrogen) atoms. The molecule has 1 aliphatic carbocycles. The van der Waals surface area contributed by atoms with Gasteiger partial charge < -0.3 is 9.84 Å². The Hall–Kier alpha value is -2.46. The molecular weight excluding hydrogens is 316 g/mol. The highest BCUT2D eigenvalue weighted by atomic mass is 16.5. The van der Waals surface area contributed by atoms with Crippen molar-refractivity contribution in [2.45, 2.75) is 20.8 Å². The van der Waals surface area contributed by atoms with Gasteiger partial charge in [-0.3, -0.25) is 9.59 Å². The molecule has 0 saturated carbocycles. The van der Waals surface area contributed by atoms with Crippen LogP contribution in [0.25, 0.3) is 10.8 Å². The zero-order valence-electron chi connectivity index (χ0n) is 14.6. The number of ether oxygens (including phenoxy) is 1. The molecule has 0 radical (unpaired) electrons. The zero-order valence-corrected chi connectivity index (χ0v) is 14.6. The highest BCUT2D eigenvalue weighted by Gasteiger charge is 2.49. The number of ketones is 2. The minimum absolute atomic E-state index is 0.0581. The summed E-state index contributed by atoms with van der Waals surface area (Å²) in [7, 11) is 0. The summed E-state index contributed by atoms with van der Waals surface area (Å²) in [5, 5.41) is 11.7. The molecular formula is C21H20O4. The van der Waals surface area contributed by atoms with Crippen molar-refractivity contribution in [3.05, 3.63) is 58.4 Å². The number of carbonyl (C=O) groups is 2. The lowest BCUT2D eigenvalue weighted by atomic mass is 9.66. The fraction of sp³-hybridized carbons (Fsp3) is 0.333. The monoisotopic (exact) mass is 336 g/mol. The van der Waals surface area contributed by atoms with Crippen LogP contribution in [0.1, 0.15) is 40.1 Å². The van der Waals surface area contributed by atoms with E-state index in [1.165, 1.54) is 0 Å². The molecule has 0 fully saturated rings. The average Bonchev–Trinajstić information content (AvgIpc) is 2.61. The Balaban J connectivity index is 2.04. The van der Waals surface area contributed by atoms with Crippen molar-refractivity contribution in [2.24, 2.45) is 11.3 Å². The van der Waals surface area contributed by atoms with Gasteiger partial charge in [0.2, 0.25) is 5.78 Å². The van der Waals surface area contributed by atoms with E-state index < -0.39 is 5.41 Å². The quantitative estimate of drug-likeness (QED) is 0.866. The molecule has 1 heterocycles. The number of aryl methyl sites for hydroxylation is 1. The van der Waals surface area contributed by atoms with Crippen LogP contribution in [0, 0.1) is 18.3 Å². The third-order valence-electron chi connectivity index (χ3n) is 5.88. The number of fused-ring (bicyclic) bond motifs is 3. The molecule has 2 aromatic carbocycles. The Morgan fingerprint density at radius 2 is 1.92 bits per heavy atom. The molecule has 2 atom stereocenters. The van der Waals surface area contributed by atoms with Crippen LogP contribution in [0.4, 0.5) is 0 Å². The minimum atomic E-state index is -0.778. The van der Waals surface area contributed by atoms with Crippen molar-refractivity contribution in [1.29, 1.82) is 0 Å². The van der Waals surface area contributed by atoms with E-state index in [1.54, 1.807) is 6.07 Å². The molecule has 0 amide bonds. The Morgan fingerprint density at radius 1 is 1.16 bits per heavy atom. The van der Waals surface area contributed by atoms with Crippen molar-refractivity contribution < 1.29 is 19.4 Å². The number of Topliss-reactive ketones (excluding diaryl/α,β-unsaturated/α-hetero) is 2. The SMILES string of the molecule is Cc1cccc2c3c(ccc12)C(=O)C1=C(OC[C@@H](C)[C@@]1(C)CO)C3=O. The molecule has 2 aliphatic rings. The minimum Gasteiger partial charge on any atom is -0.489 e. The molecule has 4 nitrogen and oxygen atoms in total. The molecule has 0 bridgehead atoms. The lowest BCUT2D eigenvalue weighted by Gasteiger charge is -2.42. The van der Waals surface area contributed by atoms with E-state index in [-0.39, 0.29) is 29.9 Å². The highest BCUT2D eigenvalue weighted by molar-refractivity contribution is 6.30. The van der Waals surface area contributed by atoms with E-state index in [9.17, 15) is 14.7 Å². The van der Waals surface area contributed by atoms with Crippen LogP contribution in [0.3, 0.4) is 0 Å². The molecule has 0 spiro atoms. The van der Waals surface area contributed by atoms with E-state index in [2.05, 4.69) is 0 Å². The maximum atomic E-state index is 13.2. The van der Waals surface area contributed by atoms with E-state index >= 15 is 0 Å². The fourth-order valence-corrected chi connectivity index (χ4v) is 3.94. The third kappa shape index (κ3) is 1.97. The number of carbonyl (C=O) groups excluding carboxylic acids is 2. The summed E-state index contributed by atoms with van der Waals surface area (Å²) in [5.74, 6) is -0.415. The van der Waals surface area contributed by atoms with Crippen molar-refractivity contribution in [2.75, 3.05) is 13.2 Å². The van der Waals surface area contributed by atoms with Gasteiger partial charge in [0.15, 0.2) is 11.5 Å². The average molecular weight is 336 g/mol. The van der Waals surface area contributed by atoms with E-state index in [0.29, 0.717) is 23.3 Å². The van der Waals surface area contributed by atoms with Gasteiger partial charge in [-0.05, 0) is 29.3 Å². The Morgan fingerprint density at radius 3 is 2.64 bits per heavy atom. The zero-order chi connectivity index (χ0) is 17.9. The van der Waals surface area contributed by atoms with Gasteiger partial charge in [0.1, 0.15) is 0 Å². The molecule has 0 aromatic heterocycles. The standard InChI is InChI=1S/C21H20O4/c1-11-5-4-6-14-13(11)7-8-15-16(14)19(24)20-17(18(15)23)21(3,10-22)12(2)9-25-20/h4-8,12,22H,9-10H2,1-3H3/t12-,21-/m1/s1. The van der Waals surface area contributed by atoms with Gasteiger partial charge in [-0.2, -0.15) is 0 Å². The first-order chi connectivity index (χ1) is 11.9. The summed E-state index contributed by atoms with van der Waals surface area (Å²) in [6.07, 6.45) is 0. The van der Waals surface area contributed by atoms with Gasteiger partial charge >= 0.3 is 0 Å². The number of aliphatic hydroxyl groups is 1. The molecule has 0 saturated heterocycles. The second-order valence-electron chi connectivity index (χ2n) is 7.31. The second-order valence-corrected chi connectivity index (χ2v) is 7.31. The number of hydrogen-bond donors (Lipinski definition) is 1. The Labute approximate surface area is 146 Å².